The number of para-hydroxylation sites is 2. The van der Waals surface area contributed by atoms with Crippen LogP contribution in [-0.2, 0) is 0 Å². The van der Waals surface area contributed by atoms with E-state index in [9.17, 15) is 0 Å². The molecule has 0 amide bonds. The van der Waals surface area contributed by atoms with E-state index in [-0.39, 0.29) is 0 Å². The normalized spacial score (nSPS) is 15.8. The van der Waals surface area contributed by atoms with Gasteiger partial charge in [0.15, 0.2) is 0 Å². The lowest BCUT2D eigenvalue weighted by molar-refractivity contribution is 0.234. The lowest BCUT2D eigenvalue weighted by Gasteiger charge is -2.31. The van der Waals surface area contributed by atoms with Crippen LogP contribution in [0.4, 0.5) is 11.4 Å². The van der Waals surface area contributed by atoms with Gasteiger partial charge >= 0.3 is 0 Å². The van der Waals surface area contributed by atoms with E-state index in [0.29, 0.717) is 0 Å². The van der Waals surface area contributed by atoms with Gasteiger partial charge in [-0.3, -0.25) is 0 Å². The number of hydrogen-bond donors (Lipinski definition) is 0. The first-order valence-corrected chi connectivity index (χ1v) is 8.03. The van der Waals surface area contributed by atoms with Crippen molar-refractivity contribution in [2.45, 2.75) is 19.3 Å². The molecule has 0 unspecified atom stereocenters. The Balaban J connectivity index is 1.73. The van der Waals surface area contributed by atoms with Crippen LogP contribution >= 0.6 is 0 Å². The lowest BCUT2D eigenvalue weighted by atomic mass is 10.1. The van der Waals surface area contributed by atoms with Gasteiger partial charge in [-0.1, -0.05) is 42.8 Å². The zero-order chi connectivity index (χ0) is 14.3. The molecule has 21 heavy (non-hydrogen) atoms. The Morgan fingerprint density at radius 3 is 1.76 bits per heavy atom. The first-order chi connectivity index (χ1) is 10.4. The highest BCUT2D eigenvalue weighted by molar-refractivity contribution is 5.62. The number of hydrogen-bond acceptors (Lipinski definition) is 2. The molecule has 1 aliphatic heterocycles. The van der Waals surface area contributed by atoms with Crippen LogP contribution in [-0.4, -0.2) is 31.1 Å². The second-order valence-electron chi connectivity index (χ2n) is 5.73. The van der Waals surface area contributed by atoms with E-state index in [2.05, 4.69) is 70.5 Å². The molecule has 1 saturated heterocycles. The third-order valence-corrected chi connectivity index (χ3v) is 4.22. The maximum atomic E-state index is 2.60. The highest BCUT2D eigenvalue weighted by Gasteiger charge is 2.13. The zero-order valence-corrected chi connectivity index (χ0v) is 12.6. The van der Waals surface area contributed by atoms with Gasteiger partial charge in [-0.2, -0.15) is 0 Å². The van der Waals surface area contributed by atoms with Crippen molar-refractivity contribution in [3.8, 4) is 0 Å². The summed E-state index contributed by atoms with van der Waals surface area (Å²) in [5.74, 6) is 0. The van der Waals surface area contributed by atoms with Crippen molar-refractivity contribution < 1.29 is 0 Å². The molecule has 2 aromatic rings. The summed E-state index contributed by atoms with van der Waals surface area (Å²) in [6, 6.07) is 21.4. The number of anilines is 2. The molecule has 0 aromatic heterocycles. The van der Waals surface area contributed by atoms with Crippen molar-refractivity contribution in [2.75, 3.05) is 31.1 Å². The molecule has 2 heteroatoms. The van der Waals surface area contributed by atoms with E-state index >= 15 is 0 Å². The van der Waals surface area contributed by atoms with Gasteiger partial charge in [-0.15, -0.1) is 0 Å². The minimum atomic E-state index is 1.05. The molecule has 1 fully saturated rings. The zero-order valence-electron chi connectivity index (χ0n) is 12.6. The molecule has 2 aromatic carbocycles. The number of piperidine rings is 1. The minimum Gasteiger partial charge on any atom is -0.340 e. The molecule has 0 bridgehead atoms. The maximum absolute atomic E-state index is 2.60. The quantitative estimate of drug-likeness (QED) is 0.805. The molecule has 110 valence electrons. The Hall–Kier alpha value is -1.80. The molecule has 3 rings (SSSR count). The van der Waals surface area contributed by atoms with Gasteiger partial charge in [0.25, 0.3) is 0 Å². The van der Waals surface area contributed by atoms with Crippen LogP contribution in [0.15, 0.2) is 60.7 Å². The Labute approximate surface area is 128 Å². The average molecular weight is 280 g/mol. The van der Waals surface area contributed by atoms with Gasteiger partial charge in [0.05, 0.1) is 0 Å². The van der Waals surface area contributed by atoms with Crippen molar-refractivity contribution in [1.82, 2.24) is 4.90 Å². The van der Waals surface area contributed by atoms with E-state index in [4.69, 9.17) is 0 Å². The fraction of sp³-hybridized carbons (Fsp3) is 0.368. The molecular weight excluding hydrogens is 256 g/mol. The average Bonchev–Trinajstić information content (AvgIpc) is 2.58. The van der Waals surface area contributed by atoms with Crippen molar-refractivity contribution in [1.29, 1.82) is 0 Å². The second kappa shape index (κ2) is 7.28. The number of likely N-dealkylation sites (tertiary alicyclic amines) is 1. The predicted octanol–water partition coefficient (Wildman–Crippen LogP) is 4.31. The van der Waals surface area contributed by atoms with Crippen LogP contribution in [0.5, 0.6) is 0 Å². The first-order valence-electron chi connectivity index (χ1n) is 8.03. The van der Waals surface area contributed by atoms with E-state index in [1.807, 2.05) is 0 Å². The van der Waals surface area contributed by atoms with E-state index < -0.39 is 0 Å². The van der Waals surface area contributed by atoms with E-state index in [0.717, 1.165) is 13.1 Å². The van der Waals surface area contributed by atoms with Crippen molar-refractivity contribution >= 4 is 11.4 Å². The summed E-state index contributed by atoms with van der Waals surface area (Å²) < 4.78 is 0. The van der Waals surface area contributed by atoms with Gasteiger partial charge in [-0.25, -0.2) is 0 Å². The molecule has 0 saturated carbocycles. The predicted molar refractivity (Wildman–Crippen MR) is 90.2 cm³/mol. The summed E-state index contributed by atoms with van der Waals surface area (Å²) >= 11 is 0. The van der Waals surface area contributed by atoms with Crippen LogP contribution in [0.1, 0.15) is 19.3 Å². The Morgan fingerprint density at radius 2 is 1.24 bits per heavy atom. The van der Waals surface area contributed by atoms with Crippen LogP contribution in [0, 0.1) is 0 Å². The minimum absolute atomic E-state index is 1.05. The van der Waals surface area contributed by atoms with Gasteiger partial charge in [0.1, 0.15) is 0 Å². The van der Waals surface area contributed by atoms with Crippen molar-refractivity contribution in [3.63, 3.8) is 0 Å². The molecule has 0 atom stereocenters. The SMILES string of the molecule is c1ccc(N(CCN2CCCCC2)c2ccccc2)cc1. The number of rotatable bonds is 5. The Bertz CT molecular complexity index is 478. The standard InChI is InChI=1S/C19H24N2/c1-4-10-18(11-5-1)21(19-12-6-2-7-13-19)17-16-20-14-8-3-9-15-20/h1-2,4-7,10-13H,3,8-9,14-17H2. The molecular formula is C19H24N2. The lowest BCUT2D eigenvalue weighted by Crippen LogP contribution is -2.36. The molecule has 0 spiro atoms. The maximum Gasteiger partial charge on any atom is 0.0411 e. The van der Waals surface area contributed by atoms with Crippen LogP contribution in [0.2, 0.25) is 0 Å². The van der Waals surface area contributed by atoms with Gasteiger partial charge < -0.3 is 9.80 Å². The third kappa shape index (κ3) is 3.85. The van der Waals surface area contributed by atoms with Crippen LogP contribution < -0.4 is 4.90 Å². The summed E-state index contributed by atoms with van der Waals surface area (Å²) in [5, 5.41) is 0. The molecule has 1 aliphatic rings. The summed E-state index contributed by atoms with van der Waals surface area (Å²) in [7, 11) is 0. The monoisotopic (exact) mass is 280 g/mol. The summed E-state index contributed by atoms with van der Waals surface area (Å²) in [4.78, 5) is 5.02. The van der Waals surface area contributed by atoms with Crippen molar-refractivity contribution in [3.05, 3.63) is 60.7 Å². The fourth-order valence-electron chi connectivity index (χ4n) is 3.05. The number of nitrogens with zero attached hydrogens (tertiary/aromatic N) is 2. The Kier molecular flexibility index (Phi) is 4.90. The second-order valence-corrected chi connectivity index (χ2v) is 5.73. The van der Waals surface area contributed by atoms with Crippen LogP contribution in [0.25, 0.3) is 0 Å². The van der Waals surface area contributed by atoms with Gasteiger partial charge in [0, 0.05) is 24.5 Å². The highest BCUT2D eigenvalue weighted by atomic mass is 15.2. The summed E-state index contributed by atoms with van der Waals surface area (Å²) in [6.45, 7) is 4.71. The molecule has 2 nitrogen and oxygen atoms in total. The molecule has 1 heterocycles. The summed E-state index contributed by atoms with van der Waals surface area (Å²) in [5.41, 5.74) is 2.56. The molecule has 0 radical (unpaired) electrons. The van der Waals surface area contributed by atoms with E-state index in [1.54, 1.807) is 0 Å². The molecule has 0 N–H and O–H groups in total. The number of benzene rings is 2. The van der Waals surface area contributed by atoms with Gasteiger partial charge in [-0.05, 0) is 50.2 Å². The van der Waals surface area contributed by atoms with Crippen LogP contribution in [0.3, 0.4) is 0 Å². The first kappa shape index (κ1) is 14.2. The van der Waals surface area contributed by atoms with E-state index in [1.165, 1.54) is 43.7 Å². The summed E-state index contributed by atoms with van der Waals surface area (Å²) in [6.07, 6.45) is 4.12. The fourth-order valence-corrected chi connectivity index (χ4v) is 3.05. The van der Waals surface area contributed by atoms with Crippen molar-refractivity contribution in [2.24, 2.45) is 0 Å². The topological polar surface area (TPSA) is 6.48 Å². The Morgan fingerprint density at radius 1 is 0.714 bits per heavy atom. The third-order valence-electron chi connectivity index (χ3n) is 4.22. The molecule has 0 aliphatic carbocycles. The largest absolute Gasteiger partial charge is 0.340 e. The highest BCUT2D eigenvalue weighted by Crippen LogP contribution is 2.24. The van der Waals surface area contributed by atoms with Gasteiger partial charge in [0.2, 0.25) is 0 Å². The smallest absolute Gasteiger partial charge is 0.0411 e.